The van der Waals surface area contributed by atoms with Crippen LogP contribution in [0.1, 0.15) is 24.2 Å². The van der Waals surface area contributed by atoms with Crippen LogP contribution in [0.15, 0.2) is 18.2 Å². The third kappa shape index (κ3) is 2.45. The highest BCUT2D eigenvalue weighted by molar-refractivity contribution is 5.94. The first-order chi connectivity index (χ1) is 8.61. The van der Waals surface area contributed by atoms with Crippen LogP contribution < -0.4 is 9.47 Å². The summed E-state index contributed by atoms with van der Waals surface area (Å²) in [6.45, 7) is 3.60. The van der Waals surface area contributed by atoms with Gasteiger partial charge in [0.25, 0.3) is 0 Å². The summed E-state index contributed by atoms with van der Waals surface area (Å²) in [6.07, 6.45) is -0.749. The van der Waals surface area contributed by atoms with Crippen molar-refractivity contribution >= 4 is 11.8 Å². The van der Waals surface area contributed by atoms with Gasteiger partial charge in [0.15, 0.2) is 17.3 Å². The second-order valence-corrected chi connectivity index (χ2v) is 3.89. The van der Waals surface area contributed by atoms with Gasteiger partial charge in [0.2, 0.25) is 6.10 Å². The number of esters is 1. The maximum Gasteiger partial charge on any atom is 0.350 e. The number of carbonyl (C=O) groups is 2. The molecule has 1 heterocycles. The fourth-order valence-electron chi connectivity index (χ4n) is 1.64. The van der Waals surface area contributed by atoms with Gasteiger partial charge in [0.05, 0.1) is 6.61 Å². The van der Waals surface area contributed by atoms with E-state index in [4.69, 9.17) is 14.2 Å². The monoisotopic (exact) mass is 250 g/mol. The Bertz CT molecular complexity index is 480. The number of hydrogen-bond acceptors (Lipinski definition) is 5. The normalized spacial score (nSPS) is 17.1. The quantitative estimate of drug-likeness (QED) is 0.602. The molecule has 1 aromatic rings. The van der Waals surface area contributed by atoms with Gasteiger partial charge in [0.1, 0.15) is 6.61 Å². The maximum absolute atomic E-state index is 11.5. The minimum Gasteiger partial charge on any atom is -0.485 e. The van der Waals surface area contributed by atoms with Crippen LogP contribution in [0.2, 0.25) is 0 Å². The molecule has 1 aliphatic rings. The van der Waals surface area contributed by atoms with Gasteiger partial charge in [0, 0.05) is 5.56 Å². The number of Topliss-reactive ketones (excluding diaryl/α,β-unsaturated/α-hetero) is 1. The highest BCUT2D eigenvalue weighted by atomic mass is 16.6. The Morgan fingerprint density at radius 3 is 2.83 bits per heavy atom. The number of rotatable bonds is 3. The molecule has 0 aromatic heterocycles. The third-order valence-corrected chi connectivity index (χ3v) is 2.56. The van der Waals surface area contributed by atoms with Crippen molar-refractivity contribution in [1.82, 2.24) is 0 Å². The predicted octanol–water partition coefficient (Wildman–Crippen LogP) is 1.59. The lowest BCUT2D eigenvalue weighted by molar-refractivity contribution is -0.153. The van der Waals surface area contributed by atoms with Crippen molar-refractivity contribution in [2.75, 3.05) is 13.2 Å². The Labute approximate surface area is 105 Å². The summed E-state index contributed by atoms with van der Waals surface area (Å²) in [4.78, 5) is 22.7. The summed E-state index contributed by atoms with van der Waals surface area (Å²) < 4.78 is 15.7. The van der Waals surface area contributed by atoms with E-state index in [1.54, 1.807) is 25.1 Å². The van der Waals surface area contributed by atoms with E-state index in [1.165, 1.54) is 6.92 Å². The standard InChI is InChI=1S/C13H14O5/c1-3-16-13(15)12-7-17-11-6-9(8(2)14)4-5-10(11)18-12/h4-6,12H,3,7H2,1-2H3/t12-/m0/s1. The van der Waals surface area contributed by atoms with Crippen LogP contribution in [-0.4, -0.2) is 31.1 Å². The first-order valence-electron chi connectivity index (χ1n) is 5.73. The molecule has 2 rings (SSSR count). The van der Waals surface area contributed by atoms with Crippen LogP contribution in [0.5, 0.6) is 11.5 Å². The van der Waals surface area contributed by atoms with E-state index in [0.717, 1.165) is 0 Å². The summed E-state index contributed by atoms with van der Waals surface area (Å²) in [5.74, 6) is 0.431. The van der Waals surface area contributed by atoms with Gasteiger partial charge in [-0.15, -0.1) is 0 Å². The molecule has 1 atom stereocenters. The van der Waals surface area contributed by atoms with Crippen molar-refractivity contribution in [3.8, 4) is 11.5 Å². The lowest BCUT2D eigenvalue weighted by Crippen LogP contribution is -2.37. The van der Waals surface area contributed by atoms with Gasteiger partial charge in [-0.25, -0.2) is 4.79 Å². The van der Waals surface area contributed by atoms with E-state index in [0.29, 0.717) is 23.7 Å². The van der Waals surface area contributed by atoms with E-state index in [1.807, 2.05) is 0 Å². The van der Waals surface area contributed by atoms with Crippen LogP contribution in [0.3, 0.4) is 0 Å². The summed E-state index contributed by atoms with van der Waals surface area (Å²) >= 11 is 0. The minimum atomic E-state index is -0.749. The van der Waals surface area contributed by atoms with E-state index in [2.05, 4.69) is 0 Å². The molecule has 1 aromatic carbocycles. The average Bonchev–Trinajstić information content (AvgIpc) is 2.37. The van der Waals surface area contributed by atoms with Crippen LogP contribution in [0.25, 0.3) is 0 Å². The summed E-state index contributed by atoms with van der Waals surface area (Å²) in [5, 5.41) is 0. The third-order valence-electron chi connectivity index (χ3n) is 2.56. The van der Waals surface area contributed by atoms with Gasteiger partial charge < -0.3 is 14.2 Å². The topological polar surface area (TPSA) is 61.8 Å². The molecular weight excluding hydrogens is 236 g/mol. The molecule has 0 saturated heterocycles. The molecule has 0 spiro atoms. The molecule has 0 saturated carbocycles. The molecule has 96 valence electrons. The van der Waals surface area contributed by atoms with Crippen LogP contribution in [-0.2, 0) is 9.53 Å². The van der Waals surface area contributed by atoms with Crippen LogP contribution in [0.4, 0.5) is 0 Å². The number of fused-ring (bicyclic) bond motifs is 1. The number of benzene rings is 1. The zero-order chi connectivity index (χ0) is 13.1. The van der Waals surface area contributed by atoms with Crippen molar-refractivity contribution < 1.29 is 23.8 Å². The van der Waals surface area contributed by atoms with E-state index < -0.39 is 12.1 Å². The second kappa shape index (κ2) is 5.08. The zero-order valence-corrected chi connectivity index (χ0v) is 10.3. The average molecular weight is 250 g/mol. The molecule has 0 N–H and O–H groups in total. The summed E-state index contributed by atoms with van der Waals surface area (Å²) in [5.41, 5.74) is 0.548. The van der Waals surface area contributed by atoms with Crippen LogP contribution >= 0.6 is 0 Å². The van der Waals surface area contributed by atoms with Crippen LogP contribution in [0, 0.1) is 0 Å². The highest BCUT2D eigenvalue weighted by Crippen LogP contribution is 2.32. The molecular formula is C13H14O5. The Morgan fingerprint density at radius 1 is 1.39 bits per heavy atom. The smallest absolute Gasteiger partial charge is 0.350 e. The van der Waals surface area contributed by atoms with Crippen molar-refractivity contribution in [3.05, 3.63) is 23.8 Å². The Kier molecular flexibility index (Phi) is 3.50. The number of ketones is 1. The molecule has 0 amide bonds. The Balaban J connectivity index is 2.16. The predicted molar refractivity (Wildman–Crippen MR) is 63.0 cm³/mol. The van der Waals surface area contributed by atoms with Gasteiger partial charge >= 0.3 is 5.97 Å². The summed E-state index contributed by atoms with van der Waals surface area (Å²) in [6, 6.07) is 4.87. The molecule has 5 nitrogen and oxygen atoms in total. The van der Waals surface area contributed by atoms with Gasteiger partial charge in [-0.05, 0) is 32.0 Å². The lowest BCUT2D eigenvalue weighted by atomic mass is 10.1. The molecule has 0 fully saturated rings. The molecule has 18 heavy (non-hydrogen) atoms. The van der Waals surface area contributed by atoms with E-state index in [-0.39, 0.29) is 12.4 Å². The second-order valence-electron chi connectivity index (χ2n) is 3.89. The fourth-order valence-corrected chi connectivity index (χ4v) is 1.64. The molecule has 0 bridgehead atoms. The maximum atomic E-state index is 11.5. The first-order valence-corrected chi connectivity index (χ1v) is 5.73. The Morgan fingerprint density at radius 2 is 2.17 bits per heavy atom. The number of hydrogen-bond donors (Lipinski definition) is 0. The van der Waals surface area contributed by atoms with Gasteiger partial charge in [-0.3, -0.25) is 4.79 Å². The molecule has 5 heteroatoms. The molecule has 1 aliphatic heterocycles. The SMILES string of the molecule is CCOC(=O)[C@@H]1COc2cc(C(C)=O)ccc2O1. The zero-order valence-electron chi connectivity index (χ0n) is 10.3. The number of ether oxygens (including phenoxy) is 3. The van der Waals surface area contributed by atoms with Crippen molar-refractivity contribution in [1.29, 1.82) is 0 Å². The molecule has 0 radical (unpaired) electrons. The highest BCUT2D eigenvalue weighted by Gasteiger charge is 2.28. The summed E-state index contributed by atoms with van der Waals surface area (Å²) in [7, 11) is 0. The largest absolute Gasteiger partial charge is 0.485 e. The Hall–Kier alpha value is -2.04. The van der Waals surface area contributed by atoms with Crippen molar-refractivity contribution in [2.45, 2.75) is 20.0 Å². The van der Waals surface area contributed by atoms with Crippen molar-refractivity contribution in [2.24, 2.45) is 0 Å². The van der Waals surface area contributed by atoms with Crippen molar-refractivity contribution in [3.63, 3.8) is 0 Å². The fraction of sp³-hybridized carbons (Fsp3) is 0.385. The minimum absolute atomic E-state index is 0.0473. The molecule has 0 aliphatic carbocycles. The van der Waals surface area contributed by atoms with E-state index >= 15 is 0 Å². The van der Waals surface area contributed by atoms with Gasteiger partial charge in [-0.1, -0.05) is 0 Å². The molecule has 0 unspecified atom stereocenters. The van der Waals surface area contributed by atoms with E-state index in [9.17, 15) is 9.59 Å². The number of carbonyl (C=O) groups excluding carboxylic acids is 2. The first kappa shape index (κ1) is 12.4. The lowest BCUT2D eigenvalue weighted by Gasteiger charge is -2.25. The van der Waals surface area contributed by atoms with Gasteiger partial charge in [-0.2, -0.15) is 0 Å².